The highest BCUT2D eigenvalue weighted by molar-refractivity contribution is 7.20. The average Bonchev–Trinajstić information content (AvgIpc) is 3.04. The molecule has 0 saturated heterocycles. The minimum absolute atomic E-state index is 0.125. The van der Waals surface area contributed by atoms with E-state index in [2.05, 4.69) is 18.1 Å². The molecule has 24 heavy (non-hydrogen) atoms. The van der Waals surface area contributed by atoms with E-state index >= 15 is 0 Å². The molecule has 3 heterocycles. The Balaban J connectivity index is 1.99. The fraction of sp³-hybridized carbons (Fsp3) is 0.222. The molecule has 0 amide bonds. The van der Waals surface area contributed by atoms with Gasteiger partial charge >= 0.3 is 0 Å². The van der Waals surface area contributed by atoms with E-state index in [1.807, 2.05) is 18.5 Å². The number of aryl methyl sites for hydroxylation is 3. The maximum atomic E-state index is 13.9. The molecule has 0 aliphatic heterocycles. The van der Waals surface area contributed by atoms with Crippen molar-refractivity contribution in [3.05, 3.63) is 62.6 Å². The van der Waals surface area contributed by atoms with Crippen molar-refractivity contribution in [3.8, 4) is 0 Å². The number of nitrogens with zero attached hydrogens (tertiary/aromatic N) is 3. The minimum atomic E-state index is -0.326. The van der Waals surface area contributed by atoms with Gasteiger partial charge in [-0.2, -0.15) is 5.10 Å². The number of rotatable bonds is 2. The van der Waals surface area contributed by atoms with E-state index in [0.29, 0.717) is 11.1 Å². The monoisotopic (exact) mass is 341 g/mol. The second-order valence-corrected chi connectivity index (χ2v) is 7.25. The Kier molecular flexibility index (Phi) is 3.31. The predicted molar refractivity (Wildman–Crippen MR) is 95.3 cm³/mol. The van der Waals surface area contributed by atoms with Crippen LogP contribution in [-0.4, -0.2) is 14.3 Å². The summed E-state index contributed by atoms with van der Waals surface area (Å²) in [6, 6.07) is 8.55. The van der Waals surface area contributed by atoms with Gasteiger partial charge in [-0.1, -0.05) is 18.2 Å². The van der Waals surface area contributed by atoms with Gasteiger partial charge in [0, 0.05) is 22.9 Å². The maximum Gasteiger partial charge on any atom is 0.291 e. The molecule has 6 heteroatoms. The number of benzene rings is 1. The highest BCUT2D eigenvalue weighted by atomic mass is 32.1. The Labute approximate surface area is 141 Å². The number of halogens is 1. The molecule has 0 saturated carbocycles. The molecule has 0 bridgehead atoms. The first-order chi connectivity index (χ1) is 11.5. The molecular weight excluding hydrogens is 325 g/mol. The van der Waals surface area contributed by atoms with Crippen LogP contribution in [0.15, 0.2) is 35.1 Å². The average molecular weight is 341 g/mol. The SMILES string of the molecule is Cc1cc2c(s1)c1c(C)nn(Cc3ccccc3F)c(=O)c1n2C. The van der Waals surface area contributed by atoms with E-state index < -0.39 is 0 Å². The van der Waals surface area contributed by atoms with Crippen LogP contribution < -0.4 is 5.56 Å². The lowest BCUT2D eigenvalue weighted by Crippen LogP contribution is -2.26. The van der Waals surface area contributed by atoms with Gasteiger partial charge in [0.25, 0.3) is 5.56 Å². The molecule has 1 aromatic carbocycles. The zero-order valence-electron chi connectivity index (χ0n) is 13.6. The minimum Gasteiger partial charge on any atom is -0.338 e. The molecule has 4 aromatic rings. The molecule has 0 atom stereocenters. The van der Waals surface area contributed by atoms with Gasteiger partial charge in [-0.25, -0.2) is 9.07 Å². The molecule has 3 aromatic heterocycles. The topological polar surface area (TPSA) is 39.8 Å². The standard InChI is InChI=1S/C18H16FN3OS/c1-10-8-14-17(24-10)15-11(2)20-22(18(23)16(15)21(14)3)9-12-6-4-5-7-13(12)19/h4-8H,9H2,1-3H3. The van der Waals surface area contributed by atoms with Gasteiger partial charge in [0.2, 0.25) is 0 Å². The molecule has 0 aliphatic rings. The van der Waals surface area contributed by atoms with Crippen LogP contribution in [0.4, 0.5) is 4.39 Å². The van der Waals surface area contributed by atoms with Gasteiger partial charge in [0.15, 0.2) is 0 Å². The fourth-order valence-corrected chi connectivity index (χ4v) is 4.34. The third-order valence-electron chi connectivity index (χ3n) is 4.34. The highest BCUT2D eigenvalue weighted by Gasteiger charge is 2.19. The lowest BCUT2D eigenvalue weighted by atomic mass is 10.2. The first kappa shape index (κ1) is 15.1. The van der Waals surface area contributed by atoms with Crippen molar-refractivity contribution < 1.29 is 4.39 Å². The molecule has 0 N–H and O–H groups in total. The van der Waals surface area contributed by atoms with Gasteiger partial charge in [-0.05, 0) is 26.0 Å². The number of thiophene rings is 1. The summed E-state index contributed by atoms with van der Waals surface area (Å²) in [5.74, 6) is -0.326. The first-order valence-corrected chi connectivity index (χ1v) is 8.48. The third-order valence-corrected chi connectivity index (χ3v) is 5.40. The summed E-state index contributed by atoms with van der Waals surface area (Å²) in [5.41, 5.74) is 2.71. The Morgan fingerprint density at radius 3 is 2.75 bits per heavy atom. The Morgan fingerprint density at radius 1 is 1.25 bits per heavy atom. The number of aromatic nitrogens is 3. The van der Waals surface area contributed by atoms with E-state index in [1.54, 1.807) is 29.5 Å². The number of fused-ring (bicyclic) bond motifs is 3. The Morgan fingerprint density at radius 2 is 2.00 bits per heavy atom. The summed E-state index contributed by atoms with van der Waals surface area (Å²) in [4.78, 5) is 14.1. The van der Waals surface area contributed by atoms with Crippen molar-refractivity contribution >= 4 is 32.5 Å². The largest absolute Gasteiger partial charge is 0.338 e. The van der Waals surface area contributed by atoms with Gasteiger partial charge < -0.3 is 4.57 Å². The molecular formula is C18H16FN3OS. The molecule has 0 unspecified atom stereocenters. The molecule has 0 aliphatic carbocycles. The van der Waals surface area contributed by atoms with Gasteiger partial charge in [0.1, 0.15) is 11.3 Å². The van der Waals surface area contributed by atoms with Crippen LogP contribution >= 0.6 is 11.3 Å². The van der Waals surface area contributed by atoms with E-state index in [0.717, 1.165) is 21.3 Å². The maximum absolute atomic E-state index is 13.9. The van der Waals surface area contributed by atoms with Gasteiger partial charge in [0.05, 0.1) is 22.5 Å². The van der Waals surface area contributed by atoms with E-state index in [1.165, 1.54) is 15.6 Å². The van der Waals surface area contributed by atoms with Gasteiger partial charge in [-0.3, -0.25) is 4.79 Å². The molecule has 4 rings (SSSR count). The summed E-state index contributed by atoms with van der Waals surface area (Å²) in [7, 11) is 1.89. The summed E-state index contributed by atoms with van der Waals surface area (Å²) < 4.78 is 18.3. The van der Waals surface area contributed by atoms with Crippen LogP contribution in [0.25, 0.3) is 21.1 Å². The number of hydrogen-bond donors (Lipinski definition) is 0. The Bertz CT molecular complexity index is 1150. The predicted octanol–water partition coefficient (Wildman–Crippen LogP) is 3.75. The van der Waals surface area contributed by atoms with Crippen molar-refractivity contribution in [1.82, 2.24) is 14.3 Å². The van der Waals surface area contributed by atoms with Crippen LogP contribution in [0.5, 0.6) is 0 Å². The lowest BCUT2D eigenvalue weighted by Gasteiger charge is -2.08. The molecule has 122 valence electrons. The van der Waals surface area contributed by atoms with Crippen LogP contribution in [0.2, 0.25) is 0 Å². The van der Waals surface area contributed by atoms with Crippen LogP contribution in [0, 0.1) is 19.7 Å². The summed E-state index contributed by atoms with van der Waals surface area (Å²) >= 11 is 1.67. The smallest absolute Gasteiger partial charge is 0.291 e. The van der Waals surface area contributed by atoms with Crippen molar-refractivity contribution in [2.24, 2.45) is 7.05 Å². The van der Waals surface area contributed by atoms with Crippen molar-refractivity contribution in [2.45, 2.75) is 20.4 Å². The van der Waals surface area contributed by atoms with Crippen LogP contribution in [-0.2, 0) is 13.6 Å². The van der Waals surface area contributed by atoms with Crippen molar-refractivity contribution in [3.63, 3.8) is 0 Å². The van der Waals surface area contributed by atoms with Crippen molar-refractivity contribution in [1.29, 1.82) is 0 Å². The Hall–Kier alpha value is -2.47. The normalized spacial score (nSPS) is 11.7. The second-order valence-electron chi connectivity index (χ2n) is 5.99. The molecule has 0 spiro atoms. The first-order valence-electron chi connectivity index (χ1n) is 7.67. The zero-order chi connectivity index (χ0) is 17.0. The van der Waals surface area contributed by atoms with E-state index in [4.69, 9.17) is 0 Å². The highest BCUT2D eigenvalue weighted by Crippen LogP contribution is 2.34. The molecule has 0 fully saturated rings. The molecule has 0 radical (unpaired) electrons. The summed E-state index contributed by atoms with van der Waals surface area (Å²) in [6.45, 7) is 4.08. The van der Waals surface area contributed by atoms with E-state index in [-0.39, 0.29) is 17.9 Å². The summed E-state index contributed by atoms with van der Waals surface area (Å²) in [5, 5.41) is 5.34. The van der Waals surface area contributed by atoms with Gasteiger partial charge in [-0.15, -0.1) is 11.3 Å². The third kappa shape index (κ3) is 2.10. The van der Waals surface area contributed by atoms with E-state index in [9.17, 15) is 9.18 Å². The molecule has 4 nitrogen and oxygen atoms in total. The van der Waals surface area contributed by atoms with Crippen molar-refractivity contribution in [2.75, 3.05) is 0 Å². The second kappa shape index (κ2) is 5.27. The van der Waals surface area contributed by atoms with Crippen LogP contribution in [0.1, 0.15) is 16.1 Å². The number of hydrogen-bond acceptors (Lipinski definition) is 3. The summed E-state index contributed by atoms with van der Waals surface area (Å²) in [6.07, 6.45) is 0. The lowest BCUT2D eigenvalue weighted by molar-refractivity contribution is 0.571. The zero-order valence-corrected chi connectivity index (χ0v) is 14.4. The van der Waals surface area contributed by atoms with Crippen LogP contribution in [0.3, 0.4) is 0 Å². The fourth-order valence-electron chi connectivity index (χ4n) is 3.20. The quantitative estimate of drug-likeness (QED) is 0.557.